The van der Waals surface area contributed by atoms with Crippen LogP contribution in [0.1, 0.15) is 86.1 Å². The molecule has 3 rings (SSSR count). The second-order valence-electron chi connectivity index (χ2n) is 14.8. The molecular weight excluding hydrogens is 517 g/mol. The normalized spacial score (nSPS) is 22.9. The van der Waals surface area contributed by atoms with Gasteiger partial charge in [-0.2, -0.15) is 0 Å². The average Bonchev–Trinajstić information content (AvgIpc) is 3.34. The fourth-order valence-corrected chi connectivity index (χ4v) is 10.7. The van der Waals surface area contributed by atoms with E-state index in [1.807, 2.05) is 27.9 Å². The van der Waals surface area contributed by atoms with E-state index in [2.05, 4.69) is 76.0 Å². The highest BCUT2D eigenvalue weighted by Crippen LogP contribution is 2.47. The first kappa shape index (κ1) is 33.3. The molecule has 40 heavy (non-hydrogen) atoms. The monoisotopic (exact) mass is 573 g/mol. The zero-order chi connectivity index (χ0) is 29.8. The van der Waals surface area contributed by atoms with E-state index >= 15 is 0 Å². The molecule has 0 spiro atoms. The van der Waals surface area contributed by atoms with Crippen molar-refractivity contribution in [3.8, 4) is 0 Å². The lowest BCUT2D eigenvalue weighted by molar-refractivity contribution is -0.155. The van der Waals surface area contributed by atoms with E-state index in [-0.39, 0.29) is 24.4 Å². The molecule has 0 amide bonds. The van der Waals surface area contributed by atoms with Crippen LogP contribution in [0.4, 0.5) is 0 Å². The highest BCUT2D eigenvalue weighted by Gasteiger charge is 2.58. The Morgan fingerprint density at radius 3 is 2.30 bits per heavy atom. The van der Waals surface area contributed by atoms with Gasteiger partial charge in [0, 0.05) is 19.6 Å². The van der Waals surface area contributed by atoms with Crippen LogP contribution in [-0.2, 0) is 30.0 Å². The van der Waals surface area contributed by atoms with Crippen LogP contribution in [0.5, 0.6) is 0 Å². The molecule has 2 aliphatic heterocycles. The molecule has 0 aromatic heterocycles. The van der Waals surface area contributed by atoms with Gasteiger partial charge in [0.1, 0.15) is 5.60 Å². The van der Waals surface area contributed by atoms with Gasteiger partial charge in [0.15, 0.2) is 0 Å². The first-order chi connectivity index (χ1) is 18.5. The van der Waals surface area contributed by atoms with Crippen molar-refractivity contribution in [1.29, 1.82) is 0 Å². The number of hydrogen-bond donors (Lipinski definition) is 0. The predicted octanol–water partition coefficient (Wildman–Crippen LogP) is 6.72. The molecule has 2 heterocycles. The summed E-state index contributed by atoms with van der Waals surface area (Å²) in [4.78, 5) is 15.6. The number of hydrogen-bond acceptors (Lipinski definition) is 6. The summed E-state index contributed by atoms with van der Waals surface area (Å²) in [6.45, 7) is 21.3. The van der Waals surface area contributed by atoms with Crippen LogP contribution >= 0.6 is 0 Å². The second-order valence-corrected chi connectivity index (χ2v) is 19.7. The van der Waals surface area contributed by atoms with Gasteiger partial charge < -0.3 is 23.7 Å². The molecule has 0 saturated carbocycles. The maximum absolute atomic E-state index is 12.9. The maximum Gasteiger partial charge on any atom is 0.458 e. The standard InChI is InChI=1S/C32H56BNO5Si/c1-30(2,3)37-28(35)21-20-26(19-18-25-15-12-11-13-16-25)29(33-38-31(4,5)32(6,7)39-33)40(9,10)24-34-22-14-17-27(34)23-36-8/h11-13,15-16,26-27,29H,14,17-24H2,1-10H3/t26-,27+,29-/m0/s1. The zero-order valence-corrected chi connectivity index (χ0v) is 28.0. The van der Waals surface area contributed by atoms with Gasteiger partial charge in [0.05, 0.1) is 25.9 Å². The lowest BCUT2D eigenvalue weighted by Crippen LogP contribution is -2.55. The van der Waals surface area contributed by atoms with Gasteiger partial charge >= 0.3 is 13.1 Å². The van der Waals surface area contributed by atoms with Crippen LogP contribution in [0.3, 0.4) is 0 Å². The Morgan fingerprint density at radius 1 is 1.10 bits per heavy atom. The molecule has 0 aliphatic carbocycles. The van der Waals surface area contributed by atoms with Crippen LogP contribution in [0.15, 0.2) is 30.3 Å². The molecule has 0 N–H and O–H groups in total. The summed E-state index contributed by atoms with van der Waals surface area (Å²) in [5.74, 6) is 0.150. The molecular formula is C32H56BNO5Si. The molecule has 1 aromatic rings. The summed E-state index contributed by atoms with van der Waals surface area (Å²) < 4.78 is 25.0. The van der Waals surface area contributed by atoms with Crippen molar-refractivity contribution in [2.24, 2.45) is 5.92 Å². The van der Waals surface area contributed by atoms with Gasteiger partial charge in [-0.05, 0) is 110 Å². The molecule has 2 aliphatic rings. The molecule has 8 heteroatoms. The van der Waals surface area contributed by atoms with E-state index in [0.717, 1.165) is 38.6 Å². The Hall–Kier alpha value is -1.19. The Bertz CT molecular complexity index is 932. The van der Waals surface area contributed by atoms with E-state index in [0.29, 0.717) is 12.5 Å². The van der Waals surface area contributed by atoms with Gasteiger partial charge in [-0.25, -0.2) is 0 Å². The van der Waals surface area contributed by atoms with Crippen molar-refractivity contribution in [3.63, 3.8) is 0 Å². The number of ether oxygens (including phenoxy) is 2. The highest BCUT2D eigenvalue weighted by molar-refractivity contribution is 6.88. The number of rotatable bonds is 13. The summed E-state index contributed by atoms with van der Waals surface area (Å²) in [5, 5.41) is 0. The number of likely N-dealkylation sites (tertiary alicyclic amines) is 1. The number of esters is 1. The Balaban J connectivity index is 1.94. The van der Waals surface area contributed by atoms with E-state index in [4.69, 9.17) is 18.8 Å². The molecule has 2 fully saturated rings. The lowest BCUT2D eigenvalue weighted by Gasteiger charge is -2.42. The van der Waals surface area contributed by atoms with Gasteiger partial charge in [-0.15, -0.1) is 0 Å². The van der Waals surface area contributed by atoms with Crippen LogP contribution in [-0.4, -0.2) is 75.3 Å². The third kappa shape index (κ3) is 8.91. The summed E-state index contributed by atoms with van der Waals surface area (Å²) in [7, 11) is -0.499. The topological polar surface area (TPSA) is 57.2 Å². The molecule has 0 radical (unpaired) electrons. The largest absolute Gasteiger partial charge is 0.460 e. The van der Waals surface area contributed by atoms with Crippen LogP contribution in [0.25, 0.3) is 0 Å². The summed E-state index contributed by atoms with van der Waals surface area (Å²) in [6, 6.07) is 11.2. The fraction of sp³-hybridized carbons (Fsp3) is 0.781. The van der Waals surface area contributed by atoms with E-state index in [1.165, 1.54) is 18.4 Å². The Kier molecular flexibility index (Phi) is 11.2. The number of nitrogens with zero attached hydrogens (tertiary/aromatic N) is 1. The van der Waals surface area contributed by atoms with Crippen LogP contribution < -0.4 is 0 Å². The minimum absolute atomic E-state index is 0.121. The molecule has 2 saturated heterocycles. The summed E-state index contributed by atoms with van der Waals surface area (Å²) >= 11 is 0. The fourth-order valence-electron chi connectivity index (χ4n) is 6.57. The lowest BCUT2D eigenvalue weighted by atomic mass is 9.72. The molecule has 6 nitrogen and oxygen atoms in total. The van der Waals surface area contributed by atoms with Gasteiger partial charge in [-0.3, -0.25) is 4.79 Å². The summed E-state index contributed by atoms with van der Waals surface area (Å²) in [5.41, 5.74) is 0.269. The number of methoxy groups -OCH3 is 1. The minimum Gasteiger partial charge on any atom is -0.460 e. The Labute approximate surface area is 246 Å². The van der Waals surface area contributed by atoms with Crippen molar-refractivity contribution in [2.45, 2.75) is 128 Å². The van der Waals surface area contributed by atoms with Crippen molar-refractivity contribution >= 4 is 21.2 Å². The number of carbonyl (C=O) groups excluding carboxylic acids is 1. The van der Waals surface area contributed by atoms with Crippen LogP contribution in [0, 0.1) is 5.92 Å². The number of benzene rings is 1. The first-order valence-electron chi connectivity index (χ1n) is 15.4. The van der Waals surface area contributed by atoms with Gasteiger partial charge in [-0.1, -0.05) is 43.4 Å². The third-order valence-corrected chi connectivity index (χ3v) is 13.0. The number of carbonyl (C=O) groups is 1. The van der Waals surface area contributed by atoms with E-state index in [9.17, 15) is 4.79 Å². The van der Waals surface area contributed by atoms with E-state index in [1.54, 1.807) is 0 Å². The smallest absolute Gasteiger partial charge is 0.458 e. The average molecular weight is 574 g/mol. The summed E-state index contributed by atoms with van der Waals surface area (Å²) in [6.07, 6.45) is 6.62. The zero-order valence-electron chi connectivity index (χ0n) is 27.0. The van der Waals surface area contributed by atoms with Crippen molar-refractivity contribution in [3.05, 3.63) is 35.9 Å². The first-order valence-corrected chi connectivity index (χ1v) is 18.7. The molecule has 226 valence electrons. The SMILES string of the molecule is COC[C@H]1CCCN1C[Si](C)(C)[C@H](B1OC(C)(C)C(C)(C)O1)[C@H](CCC(=O)OC(C)(C)C)CCc1ccccc1. The quantitative estimate of drug-likeness (QED) is 0.193. The maximum atomic E-state index is 12.9. The van der Waals surface area contributed by atoms with Crippen LogP contribution in [0.2, 0.25) is 18.5 Å². The molecule has 0 bridgehead atoms. The Morgan fingerprint density at radius 2 is 1.73 bits per heavy atom. The van der Waals surface area contributed by atoms with Crippen molar-refractivity contribution < 1.29 is 23.6 Å². The van der Waals surface area contributed by atoms with Crippen molar-refractivity contribution in [2.75, 3.05) is 26.4 Å². The van der Waals surface area contributed by atoms with Gasteiger partial charge in [0.25, 0.3) is 0 Å². The van der Waals surface area contributed by atoms with E-state index < -0.39 is 24.9 Å². The molecule has 3 atom stereocenters. The van der Waals surface area contributed by atoms with Gasteiger partial charge in [0.2, 0.25) is 0 Å². The second kappa shape index (κ2) is 13.4. The predicted molar refractivity (Wildman–Crippen MR) is 167 cm³/mol. The van der Waals surface area contributed by atoms with Crippen molar-refractivity contribution in [1.82, 2.24) is 4.90 Å². The molecule has 1 aromatic carbocycles. The highest BCUT2D eigenvalue weighted by atomic mass is 28.3. The number of aryl methyl sites for hydroxylation is 1. The minimum atomic E-state index is -2.01. The third-order valence-electron chi connectivity index (χ3n) is 9.23. The molecule has 0 unspecified atom stereocenters.